The molecule has 1 atom stereocenters. The van der Waals surface area contributed by atoms with Crippen molar-refractivity contribution in [3.8, 4) is 0 Å². The molecule has 0 amide bonds. The van der Waals surface area contributed by atoms with E-state index >= 15 is 0 Å². The number of allylic oxidation sites excluding steroid dienone is 24. The van der Waals surface area contributed by atoms with Crippen molar-refractivity contribution in [2.75, 3.05) is 13.2 Å². The Balaban J connectivity index is 4.59. The molecule has 0 aliphatic heterocycles. The van der Waals surface area contributed by atoms with Gasteiger partial charge in [-0.3, -0.25) is 14.4 Å². The molecule has 0 rings (SSSR count). The van der Waals surface area contributed by atoms with Crippen LogP contribution in [0.3, 0.4) is 0 Å². The lowest BCUT2D eigenvalue weighted by atomic mass is 10.1. The highest BCUT2D eigenvalue weighted by atomic mass is 16.6. The van der Waals surface area contributed by atoms with Crippen LogP contribution in [0.2, 0.25) is 0 Å². The minimum atomic E-state index is -0.839. The summed E-state index contributed by atoms with van der Waals surface area (Å²) in [5, 5.41) is 0. The van der Waals surface area contributed by atoms with Gasteiger partial charge in [0.1, 0.15) is 13.2 Å². The lowest BCUT2D eigenvalue weighted by Gasteiger charge is -2.18. The molecule has 0 aromatic rings. The summed E-state index contributed by atoms with van der Waals surface area (Å²) in [6.45, 7) is 6.24. The second kappa shape index (κ2) is 53.9. The highest BCUT2D eigenvalue weighted by molar-refractivity contribution is 5.71. The van der Waals surface area contributed by atoms with Gasteiger partial charge in [-0.05, 0) is 96.3 Å². The van der Waals surface area contributed by atoms with E-state index in [0.717, 1.165) is 116 Å². The smallest absolute Gasteiger partial charge is 0.306 e. The summed E-state index contributed by atoms with van der Waals surface area (Å²) in [5.74, 6) is -1.06. The van der Waals surface area contributed by atoms with Gasteiger partial charge in [-0.2, -0.15) is 0 Å². The third-order valence-corrected chi connectivity index (χ3v) is 10.5. The van der Waals surface area contributed by atoms with Crippen LogP contribution in [0.5, 0.6) is 0 Å². The monoisotopic (exact) mass is 923 g/mol. The molecule has 0 aromatic heterocycles. The maximum atomic E-state index is 12.8. The zero-order valence-corrected chi connectivity index (χ0v) is 42.6. The van der Waals surface area contributed by atoms with Crippen molar-refractivity contribution in [3.63, 3.8) is 0 Å². The number of rotatable bonds is 45. The van der Waals surface area contributed by atoms with Crippen LogP contribution in [-0.4, -0.2) is 37.2 Å². The van der Waals surface area contributed by atoms with Crippen molar-refractivity contribution in [1.29, 1.82) is 0 Å². The van der Waals surface area contributed by atoms with Crippen molar-refractivity contribution in [3.05, 3.63) is 146 Å². The molecule has 67 heavy (non-hydrogen) atoms. The molecule has 0 heterocycles. The topological polar surface area (TPSA) is 78.9 Å². The van der Waals surface area contributed by atoms with E-state index in [1.54, 1.807) is 0 Å². The zero-order chi connectivity index (χ0) is 48.6. The summed E-state index contributed by atoms with van der Waals surface area (Å²) in [4.78, 5) is 38.0. The molecule has 0 radical (unpaired) electrons. The molecule has 1 unspecified atom stereocenters. The van der Waals surface area contributed by atoms with Gasteiger partial charge in [0.05, 0.1) is 0 Å². The first-order valence-corrected chi connectivity index (χ1v) is 26.4. The highest BCUT2D eigenvalue weighted by Gasteiger charge is 2.19. The van der Waals surface area contributed by atoms with Gasteiger partial charge in [-0.25, -0.2) is 0 Å². The van der Waals surface area contributed by atoms with Crippen molar-refractivity contribution in [2.24, 2.45) is 0 Å². The molecule has 6 nitrogen and oxygen atoms in total. The van der Waals surface area contributed by atoms with E-state index in [4.69, 9.17) is 14.2 Å². The Morgan fingerprint density at radius 1 is 0.328 bits per heavy atom. The Bertz CT molecular complexity index is 1530. The van der Waals surface area contributed by atoms with Crippen LogP contribution in [-0.2, 0) is 28.6 Å². The number of hydrogen-bond donors (Lipinski definition) is 0. The van der Waals surface area contributed by atoms with Gasteiger partial charge >= 0.3 is 17.9 Å². The molecule has 0 aromatic carbocycles. The molecule has 0 aliphatic carbocycles. The first-order chi connectivity index (χ1) is 33.0. The van der Waals surface area contributed by atoms with E-state index in [1.165, 1.54) is 38.5 Å². The maximum absolute atomic E-state index is 12.8. The normalized spacial score (nSPS) is 13.3. The Kier molecular flexibility index (Phi) is 50.1. The SMILES string of the molecule is CC\C=C/C=C\C=C/CCCCCCCCCC(=O)OCC(COC(=O)CCCCCCC\C=C/C=C\C=C/C=C\CCCCC)OC(=O)CC/C=C\C/C=C\C/C=C\C/C=C\C/C=C\CC. The maximum Gasteiger partial charge on any atom is 0.306 e. The molecule has 0 spiro atoms. The average Bonchev–Trinajstić information content (AvgIpc) is 3.33. The van der Waals surface area contributed by atoms with Crippen LogP contribution < -0.4 is 0 Å². The zero-order valence-electron chi connectivity index (χ0n) is 42.6. The predicted octanol–water partition coefficient (Wildman–Crippen LogP) is 17.6. The number of hydrogen-bond acceptors (Lipinski definition) is 6. The quantitative estimate of drug-likeness (QED) is 0.0199. The Morgan fingerprint density at radius 3 is 1.12 bits per heavy atom. The fourth-order valence-electron chi connectivity index (χ4n) is 6.56. The standard InChI is InChI=1S/C61H94O6/c1-4-7-10-13-16-19-22-25-28-30-31-34-36-39-42-45-48-51-54-60(63)66-57-58(56-65-59(62)53-50-47-44-41-38-35-32-27-24-21-18-15-12-9-6-3)67-61(64)55-52-49-46-43-40-37-33-29-26-23-20-17-14-11-8-5-2/h8-9,11-12,15-22,24-26,28-31,34,37,40,46,49,58H,4-7,10,13-14,23,27,32-33,35-36,38-39,41-45,47-48,50-57H2,1-3H3/b11-8-,12-9-,18-15-,19-16-,20-17-,24-21-,25-22-,29-26-,30-28-,34-31-,40-37-,49-46-. The second-order valence-electron chi connectivity index (χ2n) is 16.8. The van der Waals surface area contributed by atoms with Crippen molar-refractivity contribution >= 4 is 17.9 Å². The van der Waals surface area contributed by atoms with Crippen LogP contribution in [0, 0.1) is 0 Å². The van der Waals surface area contributed by atoms with Gasteiger partial charge < -0.3 is 14.2 Å². The Labute approximate surface area is 410 Å². The number of carbonyl (C=O) groups excluding carboxylic acids is 3. The van der Waals surface area contributed by atoms with Gasteiger partial charge in [0.15, 0.2) is 6.10 Å². The summed E-state index contributed by atoms with van der Waals surface area (Å²) < 4.78 is 16.7. The molecular weight excluding hydrogens is 829 g/mol. The number of carbonyl (C=O) groups is 3. The molecular formula is C61H94O6. The van der Waals surface area contributed by atoms with Crippen LogP contribution >= 0.6 is 0 Å². The first kappa shape index (κ1) is 62.3. The van der Waals surface area contributed by atoms with Gasteiger partial charge in [0.25, 0.3) is 0 Å². The summed E-state index contributed by atoms with van der Waals surface area (Å²) in [6.07, 6.45) is 76.9. The van der Waals surface area contributed by atoms with E-state index in [1.807, 2.05) is 12.2 Å². The highest BCUT2D eigenvalue weighted by Crippen LogP contribution is 2.12. The molecule has 0 N–H and O–H groups in total. The molecule has 374 valence electrons. The van der Waals surface area contributed by atoms with E-state index in [9.17, 15) is 14.4 Å². The van der Waals surface area contributed by atoms with Gasteiger partial charge in [0, 0.05) is 19.3 Å². The Hall–Kier alpha value is -4.71. The van der Waals surface area contributed by atoms with Gasteiger partial charge in [0.2, 0.25) is 0 Å². The summed E-state index contributed by atoms with van der Waals surface area (Å²) in [5.41, 5.74) is 0. The summed E-state index contributed by atoms with van der Waals surface area (Å²) in [6, 6.07) is 0. The van der Waals surface area contributed by atoms with E-state index in [-0.39, 0.29) is 31.6 Å². The van der Waals surface area contributed by atoms with E-state index in [2.05, 4.69) is 154 Å². The van der Waals surface area contributed by atoms with Crippen molar-refractivity contribution in [1.82, 2.24) is 0 Å². The lowest BCUT2D eigenvalue weighted by Crippen LogP contribution is -2.30. The number of ether oxygens (including phenoxy) is 3. The first-order valence-electron chi connectivity index (χ1n) is 26.4. The van der Waals surface area contributed by atoms with E-state index in [0.29, 0.717) is 19.3 Å². The molecule has 0 fully saturated rings. The van der Waals surface area contributed by atoms with E-state index < -0.39 is 12.1 Å². The molecule has 6 heteroatoms. The number of unbranched alkanes of at least 4 members (excludes halogenated alkanes) is 15. The van der Waals surface area contributed by atoms with Crippen LogP contribution in [0.25, 0.3) is 0 Å². The minimum absolute atomic E-state index is 0.128. The molecule has 0 aliphatic rings. The minimum Gasteiger partial charge on any atom is -0.462 e. The predicted molar refractivity (Wildman–Crippen MR) is 288 cm³/mol. The Morgan fingerprint density at radius 2 is 0.687 bits per heavy atom. The summed E-state index contributed by atoms with van der Waals surface area (Å²) >= 11 is 0. The van der Waals surface area contributed by atoms with Gasteiger partial charge in [-0.1, -0.05) is 231 Å². The lowest BCUT2D eigenvalue weighted by molar-refractivity contribution is -0.166. The van der Waals surface area contributed by atoms with Crippen LogP contribution in [0.4, 0.5) is 0 Å². The third kappa shape index (κ3) is 52.1. The van der Waals surface area contributed by atoms with Crippen molar-refractivity contribution in [2.45, 2.75) is 207 Å². The fraction of sp³-hybridized carbons (Fsp3) is 0.557. The summed E-state index contributed by atoms with van der Waals surface area (Å²) in [7, 11) is 0. The van der Waals surface area contributed by atoms with Crippen LogP contribution in [0.15, 0.2) is 146 Å². The number of esters is 3. The molecule has 0 saturated carbocycles. The van der Waals surface area contributed by atoms with Crippen LogP contribution in [0.1, 0.15) is 201 Å². The molecule has 0 bridgehead atoms. The second-order valence-corrected chi connectivity index (χ2v) is 16.8. The van der Waals surface area contributed by atoms with Gasteiger partial charge in [-0.15, -0.1) is 0 Å². The molecule has 0 saturated heterocycles. The largest absolute Gasteiger partial charge is 0.462 e. The average molecular weight is 923 g/mol. The van der Waals surface area contributed by atoms with Crippen molar-refractivity contribution < 1.29 is 28.6 Å². The third-order valence-electron chi connectivity index (χ3n) is 10.5. The fourth-order valence-corrected chi connectivity index (χ4v) is 6.56.